The topological polar surface area (TPSA) is 82.1 Å². The Balaban J connectivity index is 2.61. The van der Waals surface area contributed by atoms with Gasteiger partial charge in [-0.15, -0.1) is 0 Å². The lowest BCUT2D eigenvalue weighted by molar-refractivity contribution is -0.385. The molecule has 0 aliphatic rings. The van der Waals surface area contributed by atoms with Crippen molar-refractivity contribution in [3.8, 4) is 11.4 Å². The Morgan fingerprint density at radius 3 is 2.50 bits per heavy atom. The minimum Gasteiger partial charge on any atom is -0.342 e. The summed E-state index contributed by atoms with van der Waals surface area (Å²) in [6.45, 7) is 0. The number of rotatable bonds is 2. The van der Waals surface area contributed by atoms with E-state index in [1.165, 1.54) is 0 Å². The summed E-state index contributed by atoms with van der Waals surface area (Å²) < 4.78 is 42.1. The Labute approximate surface area is 97.2 Å². The van der Waals surface area contributed by atoms with Crippen LogP contribution in [0.25, 0.3) is 11.4 Å². The molecule has 0 aliphatic heterocycles. The van der Waals surface area contributed by atoms with E-state index in [4.69, 9.17) is 0 Å². The number of alkyl halides is 3. The molecule has 0 N–H and O–H groups in total. The summed E-state index contributed by atoms with van der Waals surface area (Å²) in [5.74, 6) is -0.149. The van der Waals surface area contributed by atoms with Gasteiger partial charge in [0.2, 0.25) is 12.2 Å². The van der Waals surface area contributed by atoms with Gasteiger partial charge in [0.05, 0.1) is 10.5 Å². The molecule has 0 saturated carbocycles. The molecule has 0 saturated heterocycles. The molecule has 0 spiro atoms. The lowest BCUT2D eigenvalue weighted by atomic mass is 10.1. The minimum atomic E-state index is -4.69. The van der Waals surface area contributed by atoms with Crippen LogP contribution in [0.4, 0.5) is 18.9 Å². The standard InChI is InChI=1S/C9H4F3N3O3/c10-9(11,12)6-1-5(8-13-4-18-14-8)2-7(3-6)15(16)17/h1-4H. The minimum absolute atomic E-state index is 0.134. The molecule has 0 aliphatic carbocycles. The lowest BCUT2D eigenvalue weighted by Crippen LogP contribution is -2.06. The highest BCUT2D eigenvalue weighted by Crippen LogP contribution is 2.34. The summed E-state index contributed by atoms with van der Waals surface area (Å²) in [4.78, 5) is 13.2. The van der Waals surface area contributed by atoms with Crippen molar-refractivity contribution in [3.63, 3.8) is 0 Å². The van der Waals surface area contributed by atoms with E-state index in [0.29, 0.717) is 6.07 Å². The Morgan fingerprint density at radius 1 is 1.28 bits per heavy atom. The van der Waals surface area contributed by atoms with Crippen molar-refractivity contribution in [3.05, 3.63) is 40.3 Å². The van der Waals surface area contributed by atoms with Crippen molar-refractivity contribution >= 4 is 5.69 Å². The van der Waals surface area contributed by atoms with Crippen LogP contribution in [0.3, 0.4) is 0 Å². The van der Waals surface area contributed by atoms with Crippen LogP contribution in [0.1, 0.15) is 5.56 Å². The highest BCUT2D eigenvalue weighted by atomic mass is 19.4. The van der Waals surface area contributed by atoms with Crippen LogP contribution in [0.15, 0.2) is 29.1 Å². The summed E-state index contributed by atoms with van der Waals surface area (Å²) in [5, 5.41) is 13.9. The number of nitro benzene ring substituents is 1. The molecule has 1 aromatic carbocycles. The van der Waals surface area contributed by atoms with Crippen molar-refractivity contribution in [1.82, 2.24) is 10.1 Å². The number of benzene rings is 1. The van der Waals surface area contributed by atoms with E-state index in [1.54, 1.807) is 0 Å². The Kier molecular flexibility index (Phi) is 2.73. The number of aromatic nitrogens is 2. The van der Waals surface area contributed by atoms with Crippen LogP contribution in [-0.4, -0.2) is 15.1 Å². The van der Waals surface area contributed by atoms with Gasteiger partial charge in [-0.1, -0.05) is 5.16 Å². The lowest BCUT2D eigenvalue weighted by Gasteiger charge is -2.07. The Hall–Kier alpha value is -2.45. The van der Waals surface area contributed by atoms with E-state index in [2.05, 4.69) is 14.7 Å². The number of non-ortho nitro benzene ring substituents is 1. The quantitative estimate of drug-likeness (QED) is 0.611. The molecule has 0 bridgehead atoms. The van der Waals surface area contributed by atoms with Gasteiger partial charge in [0.1, 0.15) is 0 Å². The molecule has 0 radical (unpaired) electrons. The summed E-state index contributed by atoms with van der Waals surface area (Å²) in [5.41, 5.74) is -1.97. The van der Waals surface area contributed by atoms with E-state index in [0.717, 1.165) is 18.5 Å². The van der Waals surface area contributed by atoms with Crippen LogP contribution < -0.4 is 0 Å². The van der Waals surface area contributed by atoms with Crippen LogP contribution in [0.5, 0.6) is 0 Å². The second kappa shape index (κ2) is 4.09. The zero-order valence-electron chi connectivity index (χ0n) is 8.51. The van der Waals surface area contributed by atoms with Crippen molar-refractivity contribution in [2.24, 2.45) is 0 Å². The normalized spacial score (nSPS) is 11.5. The van der Waals surface area contributed by atoms with Gasteiger partial charge in [0.15, 0.2) is 0 Å². The van der Waals surface area contributed by atoms with E-state index < -0.39 is 22.4 Å². The van der Waals surface area contributed by atoms with Crippen molar-refractivity contribution < 1.29 is 22.6 Å². The average molecular weight is 259 g/mol. The first-order valence-corrected chi connectivity index (χ1v) is 4.51. The van der Waals surface area contributed by atoms with Crippen molar-refractivity contribution in [1.29, 1.82) is 0 Å². The third kappa shape index (κ3) is 2.29. The highest BCUT2D eigenvalue weighted by Gasteiger charge is 2.33. The van der Waals surface area contributed by atoms with Gasteiger partial charge in [-0.25, -0.2) is 0 Å². The number of halogens is 3. The second-order valence-electron chi connectivity index (χ2n) is 3.28. The highest BCUT2D eigenvalue weighted by molar-refractivity contribution is 5.60. The molecule has 18 heavy (non-hydrogen) atoms. The maximum atomic E-state index is 12.6. The van der Waals surface area contributed by atoms with E-state index >= 15 is 0 Å². The molecular formula is C9H4F3N3O3. The zero-order chi connectivity index (χ0) is 13.3. The first kappa shape index (κ1) is 12.0. The molecule has 6 nitrogen and oxygen atoms in total. The number of nitrogens with zero attached hydrogens (tertiary/aromatic N) is 3. The van der Waals surface area contributed by atoms with Crippen LogP contribution in [0, 0.1) is 10.1 Å². The van der Waals surface area contributed by atoms with E-state index in [-0.39, 0.29) is 11.4 Å². The van der Waals surface area contributed by atoms with Crippen LogP contribution >= 0.6 is 0 Å². The maximum absolute atomic E-state index is 12.6. The fourth-order valence-electron chi connectivity index (χ4n) is 1.31. The average Bonchev–Trinajstić information content (AvgIpc) is 2.80. The first-order chi connectivity index (χ1) is 8.38. The van der Waals surface area contributed by atoms with Gasteiger partial charge >= 0.3 is 6.18 Å². The van der Waals surface area contributed by atoms with Crippen LogP contribution in [-0.2, 0) is 6.18 Å². The number of hydrogen-bond donors (Lipinski definition) is 0. The monoisotopic (exact) mass is 259 g/mol. The predicted molar refractivity (Wildman–Crippen MR) is 51.4 cm³/mol. The Morgan fingerprint density at radius 2 is 2.00 bits per heavy atom. The van der Waals surface area contributed by atoms with Gasteiger partial charge in [0.25, 0.3) is 5.69 Å². The first-order valence-electron chi connectivity index (χ1n) is 4.51. The maximum Gasteiger partial charge on any atom is 0.416 e. The molecule has 1 aromatic heterocycles. The largest absolute Gasteiger partial charge is 0.416 e. The molecule has 0 unspecified atom stereocenters. The molecule has 0 atom stereocenters. The van der Waals surface area contributed by atoms with Gasteiger partial charge in [0, 0.05) is 17.7 Å². The summed E-state index contributed by atoms with van der Waals surface area (Å²) >= 11 is 0. The summed E-state index contributed by atoms with van der Waals surface area (Å²) in [6, 6.07) is 2.11. The van der Waals surface area contributed by atoms with Gasteiger partial charge in [-0.05, 0) is 6.07 Å². The van der Waals surface area contributed by atoms with Crippen molar-refractivity contribution in [2.45, 2.75) is 6.18 Å². The second-order valence-corrected chi connectivity index (χ2v) is 3.28. The summed E-state index contributed by atoms with van der Waals surface area (Å²) in [7, 11) is 0. The smallest absolute Gasteiger partial charge is 0.342 e. The molecule has 2 aromatic rings. The molecule has 1 heterocycles. The molecule has 0 fully saturated rings. The molecule has 94 valence electrons. The third-order valence-corrected chi connectivity index (χ3v) is 2.08. The zero-order valence-corrected chi connectivity index (χ0v) is 8.51. The number of hydrogen-bond acceptors (Lipinski definition) is 5. The SMILES string of the molecule is O=[N+]([O-])c1cc(-c2ncon2)cc(C(F)(F)F)c1. The van der Waals surface area contributed by atoms with E-state index in [1.807, 2.05) is 0 Å². The fraction of sp³-hybridized carbons (Fsp3) is 0.111. The number of nitro groups is 1. The third-order valence-electron chi connectivity index (χ3n) is 2.08. The van der Waals surface area contributed by atoms with Gasteiger partial charge in [-0.3, -0.25) is 10.1 Å². The molecule has 9 heteroatoms. The molecule has 2 rings (SSSR count). The summed E-state index contributed by atoms with van der Waals surface area (Å²) in [6.07, 6.45) is -3.77. The molecule has 0 amide bonds. The van der Waals surface area contributed by atoms with Gasteiger partial charge in [-0.2, -0.15) is 18.2 Å². The Bertz CT molecular complexity index is 580. The van der Waals surface area contributed by atoms with Crippen molar-refractivity contribution in [2.75, 3.05) is 0 Å². The molecular weight excluding hydrogens is 255 g/mol. The van der Waals surface area contributed by atoms with E-state index in [9.17, 15) is 23.3 Å². The fourth-order valence-corrected chi connectivity index (χ4v) is 1.31. The predicted octanol–water partition coefficient (Wildman–Crippen LogP) is 2.66. The van der Waals surface area contributed by atoms with Gasteiger partial charge < -0.3 is 4.52 Å². The van der Waals surface area contributed by atoms with Crippen LogP contribution in [0.2, 0.25) is 0 Å².